The zero-order valence-electron chi connectivity index (χ0n) is 12.0. The molecule has 1 aliphatic rings. The molecule has 0 amide bonds. The largest absolute Gasteiger partial charge is 0.462 e. The van der Waals surface area contributed by atoms with Crippen LogP contribution in [-0.4, -0.2) is 22.6 Å². The smallest absolute Gasteiger partial charge is 0.293 e. The summed E-state index contributed by atoms with van der Waals surface area (Å²) in [5.41, 5.74) is 1.93. The minimum absolute atomic E-state index is 0.0227. The summed E-state index contributed by atoms with van der Waals surface area (Å²) < 4.78 is 4.55. The Morgan fingerprint density at radius 1 is 1.47 bits per heavy atom. The summed E-state index contributed by atoms with van der Waals surface area (Å²) in [5.74, 6) is 0. The van der Waals surface area contributed by atoms with Crippen LogP contribution in [0.2, 0.25) is 0 Å². The first-order chi connectivity index (χ1) is 8.68. The van der Waals surface area contributed by atoms with E-state index in [1.807, 2.05) is 33.0 Å². The fourth-order valence-electron chi connectivity index (χ4n) is 1.63. The van der Waals surface area contributed by atoms with Crippen molar-refractivity contribution in [3.8, 4) is 0 Å². The molecule has 0 saturated heterocycles. The fourth-order valence-corrected chi connectivity index (χ4v) is 1.87. The van der Waals surface area contributed by atoms with Gasteiger partial charge in [0.2, 0.25) is 0 Å². The Bertz CT molecular complexity index is 441. The highest BCUT2D eigenvalue weighted by atomic mass is 35.5. The first-order valence-corrected chi connectivity index (χ1v) is 6.58. The number of nitrogens with one attached hydrogen (secondary N) is 1. The Morgan fingerprint density at radius 2 is 2.11 bits per heavy atom. The number of halogens is 1. The van der Waals surface area contributed by atoms with Crippen LogP contribution in [0.15, 0.2) is 18.5 Å². The minimum Gasteiger partial charge on any atom is -0.462 e. The third-order valence-corrected chi connectivity index (χ3v) is 3.49. The number of hydrogen-bond acceptors (Lipinski definition) is 4. The Hall–Kier alpha value is -1.29. The lowest BCUT2D eigenvalue weighted by Gasteiger charge is -2.21. The molecule has 1 atom stereocenters. The molecule has 0 fully saturated rings. The number of alkyl halides is 1. The highest BCUT2D eigenvalue weighted by molar-refractivity contribution is 6.23. The van der Waals surface area contributed by atoms with Gasteiger partial charge in [0.15, 0.2) is 0 Å². The van der Waals surface area contributed by atoms with Gasteiger partial charge >= 0.3 is 0 Å². The zero-order valence-corrected chi connectivity index (χ0v) is 12.8. The van der Waals surface area contributed by atoms with Crippen LogP contribution in [0.5, 0.6) is 0 Å². The summed E-state index contributed by atoms with van der Waals surface area (Å²) in [6.07, 6.45) is 3.65. The number of rotatable bonds is 1. The monoisotopic (exact) mass is 284 g/mol. The van der Waals surface area contributed by atoms with Gasteiger partial charge in [0.25, 0.3) is 6.47 Å². The first kappa shape index (κ1) is 15.8. The quantitative estimate of drug-likeness (QED) is 0.488. The lowest BCUT2D eigenvalue weighted by molar-refractivity contribution is -0.138. The van der Waals surface area contributed by atoms with E-state index in [-0.39, 0.29) is 16.5 Å². The van der Waals surface area contributed by atoms with Gasteiger partial charge < -0.3 is 10.1 Å². The molecule has 4 nitrogen and oxygen atoms in total. The summed E-state index contributed by atoms with van der Waals surface area (Å²) in [6.45, 7) is 10.2. The molecule has 0 radical (unpaired) electrons. The fraction of sp³-hybridized carbons (Fsp3) is 0.571. The Kier molecular flexibility index (Phi) is 4.80. The zero-order chi connectivity index (χ0) is 14.7. The van der Waals surface area contributed by atoms with Crippen LogP contribution < -0.4 is 5.32 Å². The van der Waals surface area contributed by atoms with Crippen molar-refractivity contribution in [2.24, 2.45) is 0 Å². The predicted molar refractivity (Wildman–Crippen MR) is 77.4 cm³/mol. The van der Waals surface area contributed by atoms with Gasteiger partial charge in [0.05, 0.1) is 0 Å². The van der Waals surface area contributed by atoms with Crippen molar-refractivity contribution in [3.63, 3.8) is 0 Å². The van der Waals surface area contributed by atoms with Crippen molar-refractivity contribution in [3.05, 3.63) is 24.0 Å². The van der Waals surface area contributed by atoms with E-state index < -0.39 is 0 Å². The topological polar surface area (TPSA) is 51.2 Å². The number of carbonyl (C=O) groups excluding carboxylic acids is 1. The SMILES string of the molecule is CC(C)(C)OC=O.CC1(C)c2cnccc2NC1Cl. The van der Waals surface area contributed by atoms with Gasteiger partial charge in [-0.05, 0) is 26.8 Å². The summed E-state index contributed by atoms with van der Waals surface area (Å²) in [6, 6.07) is 1.96. The molecule has 1 aliphatic heterocycles. The standard InChI is InChI=1S/C9H11ClN2.C5H10O2/c1-9(2)6-5-11-4-3-7(6)12-8(9)10;1-5(2,3)7-4-6/h3-5,8,12H,1-2H3;4H,1-3H3. The summed E-state index contributed by atoms with van der Waals surface area (Å²) in [4.78, 5) is 13.7. The molecule has 1 N–H and O–H groups in total. The Morgan fingerprint density at radius 3 is 2.53 bits per heavy atom. The van der Waals surface area contributed by atoms with Crippen LogP contribution in [-0.2, 0) is 14.9 Å². The Labute approximate surface area is 119 Å². The highest BCUT2D eigenvalue weighted by Crippen LogP contribution is 2.41. The number of nitrogens with zero attached hydrogens (tertiary/aromatic N) is 1. The summed E-state index contributed by atoms with van der Waals surface area (Å²) >= 11 is 6.13. The van der Waals surface area contributed by atoms with Gasteiger partial charge in [-0.3, -0.25) is 9.78 Å². The average Bonchev–Trinajstić information content (AvgIpc) is 2.50. The summed E-state index contributed by atoms with van der Waals surface area (Å²) in [7, 11) is 0. The van der Waals surface area contributed by atoms with Crippen LogP contribution in [0.4, 0.5) is 5.69 Å². The van der Waals surface area contributed by atoms with E-state index in [0.29, 0.717) is 6.47 Å². The van der Waals surface area contributed by atoms with E-state index >= 15 is 0 Å². The lowest BCUT2D eigenvalue weighted by Crippen LogP contribution is -2.27. The molecule has 0 spiro atoms. The molecule has 5 heteroatoms. The summed E-state index contributed by atoms with van der Waals surface area (Å²) in [5, 5.41) is 3.21. The van der Waals surface area contributed by atoms with Gasteiger partial charge in [-0.15, -0.1) is 0 Å². The molecule has 0 aromatic carbocycles. The second-order valence-corrected chi connectivity index (χ2v) is 6.41. The Balaban J connectivity index is 0.000000224. The molecule has 1 unspecified atom stereocenters. The highest BCUT2D eigenvalue weighted by Gasteiger charge is 2.37. The van der Waals surface area contributed by atoms with Crippen molar-refractivity contribution in [1.29, 1.82) is 0 Å². The molecule has 1 aromatic rings. The number of pyridine rings is 1. The van der Waals surface area contributed by atoms with Crippen LogP contribution >= 0.6 is 11.6 Å². The van der Waals surface area contributed by atoms with E-state index in [1.54, 1.807) is 6.20 Å². The van der Waals surface area contributed by atoms with Crippen LogP contribution in [0, 0.1) is 0 Å². The van der Waals surface area contributed by atoms with E-state index in [2.05, 4.69) is 28.9 Å². The first-order valence-electron chi connectivity index (χ1n) is 6.15. The number of aromatic nitrogens is 1. The second kappa shape index (κ2) is 5.78. The molecule has 0 bridgehead atoms. The van der Waals surface area contributed by atoms with E-state index in [0.717, 1.165) is 5.69 Å². The van der Waals surface area contributed by atoms with Gasteiger partial charge in [0, 0.05) is 29.1 Å². The minimum atomic E-state index is -0.318. The van der Waals surface area contributed by atoms with E-state index in [4.69, 9.17) is 11.6 Å². The molecule has 106 valence electrons. The van der Waals surface area contributed by atoms with Crippen molar-refractivity contribution in [2.45, 2.75) is 51.1 Å². The van der Waals surface area contributed by atoms with Gasteiger partial charge in [-0.2, -0.15) is 0 Å². The third kappa shape index (κ3) is 4.10. The van der Waals surface area contributed by atoms with Crippen LogP contribution in [0.3, 0.4) is 0 Å². The molecular weight excluding hydrogens is 264 g/mol. The molecule has 0 saturated carbocycles. The number of ether oxygens (including phenoxy) is 1. The molecule has 0 aliphatic carbocycles. The van der Waals surface area contributed by atoms with Crippen molar-refractivity contribution in [2.75, 3.05) is 5.32 Å². The molecular formula is C14H21ClN2O2. The maximum atomic E-state index is 9.60. The normalized spacial score (nSPS) is 19.6. The van der Waals surface area contributed by atoms with Gasteiger partial charge in [-0.1, -0.05) is 25.4 Å². The number of carbonyl (C=O) groups is 1. The maximum absolute atomic E-state index is 9.60. The lowest BCUT2D eigenvalue weighted by atomic mass is 9.88. The van der Waals surface area contributed by atoms with Crippen molar-refractivity contribution >= 4 is 23.8 Å². The molecule has 2 heterocycles. The van der Waals surface area contributed by atoms with Crippen molar-refractivity contribution in [1.82, 2.24) is 4.98 Å². The van der Waals surface area contributed by atoms with Gasteiger partial charge in [0.1, 0.15) is 11.1 Å². The molecule has 1 aromatic heterocycles. The second-order valence-electron chi connectivity index (χ2n) is 5.98. The predicted octanol–water partition coefficient (Wildman–Crippen LogP) is 3.31. The number of anilines is 1. The van der Waals surface area contributed by atoms with E-state index in [9.17, 15) is 4.79 Å². The molecule has 19 heavy (non-hydrogen) atoms. The van der Waals surface area contributed by atoms with E-state index in [1.165, 1.54) is 5.56 Å². The average molecular weight is 285 g/mol. The number of fused-ring (bicyclic) bond motifs is 1. The van der Waals surface area contributed by atoms with Gasteiger partial charge in [-0.25, -0.2) is 0 Å². The molecule has 2 rings (SSSR count). The van der Waals surface area contributed by atoms with Crippen molar-refractivity contribution < 1.29 is 9.53 Å². The van der Waals surface area contributed by atoms with Crippen LogP contribution in [0.25, 0.3) is 0 Å². The number of hydrogen-bond donors (Lipinski definition) is 1. The van der Waals surface area contributed by atoms with Crippen LogP contribution in [0.1, 0.15) is 40.2 Å². The third-order valence-electron chi connectivity index (χ3n) is 2.83. The maximum Gasteiger partial charge on any atom is 0.293 e.